The number of hydrogen-bond acceptors (Lipinski definition) is 5. The van der Waals surface area contributed by atoms with Crippen molar-refractivity contribution in [1.29, 1.82) is 0 Å². The molecule has 0 unspecified atom stereocenters. The number of carboxylic acids is 1. The van der Waals surface area contributed by atoms with Crippen molar-refractivity contribution in [3.8, 4) is 0 Å². The van der Waals surface area contributed by atoms with Gasteiger partial charge >= 0.3 is 5.97 Å². The van der Waals surface area contributed by atoms with Gasteiger partial charge in [0.1, 0.15) is 0 Å². The molecule has 0 fully saturated rings. The highest BCUT2D eigenvalue weighted by Crippen LogP contribution is 2.18. The Morgan fingerprint density at radius 3 is 2.89 bits per heavy atom. The van der Waals surface area contributed by atoms with Gasteiger partial charge in [0.05, 0.1) is 17.8 Å². The molecule has 0 amide bonds. The molecular weight excluding hydrogens is 232 g/mol. The predicted molar refractivity (Wildman–Crippen MR) is 67.2 cm³/mol. The summed E-state index contributed by atoms with van der Waals surface area (Å²) in [6.45, 7) is 0.469. The summed E-state index contributed by atoms with van der Waals surface area (Å²) in [5, 5.41) is 19.7. The number of hydrogen-bond donors (Lipinski definition) is 3. The highest BCUT2D eigenvalue weighted by Gasteiger charge is 2.08. The van der Waals surface area contributed by atoms with Gasteiger partial charge in [-0.15, -0.1) is 0 Å². The average molecular weight is 244 g/mol. The maximum atomic E-state index is 10.9. The third-order valence-corrected chi connectivity index (χ3v) is 2.38. The van der Waals surface area contributed by atoms with Gasteiger partial charge in [0, 0.05) is 17.6 Å². The minimum Gasteiger partial charge on any atom is -0.478 e. The minimum atomic E-state index is -1.05. The number of aromatic nitrogens is 2. The van der Waals surface area contributed by atoms with E-state index in [9.17, 15) is 4.79 Å². The van der Waals surface area contributed by atoms with Crippen molar-refractivity contribution in [2.45, 2.75) is 6.54 Å². The summed E-state index contributed by atoms with van der Waals surface area (Å²) in [5.41, 5.74) is 7.34. The number of carbonyl (C=O) groups is 1. The molecule has 0 bridgehead atoms. The Morgan fingerprint density at radius 2 is 2.22 bits per heavy atom. The second-order valence-corrected chi connectivity index (χ2v) is 3.68. The highest BCUT2D eigenvalue weighted by molar-refractivity contribution is 5.94. The number of benzene rings is 1. The summed E-state index contributed by atoms with van der Waals surface area (Å²) in [4.78, 5) is 10.9. The molecule has 2 aromatic rings. The van der Waals surface area contributed by atoms with Crippen molar-refractivity contribution in [3.05, 3.63) is 47.8 Å². The monoisotopic (exact) mass is 244 g/mol. The van der Waals surface area contributed by atoms with E-state index < -0.39 is 5.97 Å². The maximum Gasteiger partial charge on any atom is 0.337 e. The fourth-order valence-electron chi connectivity index (χ4n) is 1.47. The van der Waals surface area contributed by atoms with Crippen molar-refractivity contribution in [3.63, 3.8) is 0 Å². The Bertz CT molecular complexity index is 557. The van der Waals surface area contributed by atoms with Crippen LogP contribution in [0.3, 0.4) is 0 Å². The predicted octanol–water partition coefficient (Wildman–Crippen LogP) is 1.37. The molecule has 1 heterocycles. The van der Waals surface area contributed by atoms with Crippen molar-refractivity contribution in [1.82, 2.24) is 10.2 Å². The van der Waals surface area contributed by atoms with E-state index >= 15 is 0 Å². The lowest BCUT2D eigenvalue weighted by Crippen LogP contribution is -2.06. The van der Waals surface area contributed by atoms with Crippen molar-refractivity contribution < 1.29 is 9.90 Å². The van der Waals surface area contributed by atoms with Crippen LogP contribution in [0.15, 0.2) is 36.5 Å². The largest absolute Gasteiger partial charge is 0.478 e. The Labute approximate surface area is 103 Å². The van der Waals surface area contributed by atoms with Crippen LogP contribution < -0.4 is 11.1 Å². The summed E-state index contributed by atoms with van der Waals surface area (Å²) in [7, 11) is 0. The van der Waals surface area contributed by atoms with Gasteiger partial charge in [-0.05, 0) is 30.3 Å². The highest BCUT2D eigenvalue weighted by atomic mass is 16.4. The first kappa shape index (κ1) is 11.8. The number of aromatic carboxylic acids is 1. The Morgan fingerprint density at radius 1 is 1.39 bits per heavy atom. The van der Waals surface area contributed by atoms with Gasteiger partial charge in [-0.1, -0.05) is 0 Å². The first-order valence-corrected chi connectivity index (χ1v) is 5.30. The third-order valence-electron chi connectivity index (χ3n) is 2.38. The number of nitrogens with zero attached hydrogens (tertiary/aromatic N) is 2. The SMILES string of the molecule is Nc1ccc(NCc2cccnn2)cc1C(=O)O. The lowest BCUT2D eigenvalue weighted by molar-refractivity contribution is 0.0698. The first-order chi connectivity index (χ1) is 8.66. The van der Waals surface area contributed by atoms with E-state index in [1.54, 1.807) is 24.4 Å². The third kappa shape index (κ3) is 2.73. The van der Waals surface area contributed by atoms with Crippen LogP contribution in [0.5, 0.6) is 0 Å². The van der Waals surface area contributed by atoms with E-state index in [2.05, 4.69) is 15.5 Å². The van der Waals surface area contributed by atoms with E-state index in [0.29, 0.717) is 12.2 Å². The second kappa shape index (κ2) is 5.13. The molecule has 0 saturated carbocycles. The Hall–Kier alpha value is -2.63. The number of nitrogens with one attached hydrogen (secondary N) is 1. The van der Waals surface area contributed by atoms with Crippen LogP contribution in [0.4, 0.5) is 11.4 Å². The molecule has 0 radical (unpaired) electrons. The lowest BCUT2D eigenvalue weighted by atomic mass is 10.1. The maximum absolute atomic E-state index is 10.9. The molecule has 0 aliphatic carbocycles. The van der Waals surface area contributed by atoms with E-state index in [0.717, 1.165) is 5.69 Å². The molecule has 2 rings (SSSR count). The van der Waals surface area contributed by atoms with Crippen LogP contribution in [0, 0.1) is 0 Å². The lowest BCUT2D eigenvalue weighted by Gasteiger charge is -2.07. The van der Waals surface area contributed by atoms with Crippen LogP contribution in [-0.2, 0) is 6.54 Å². The van der Waals surface area contributed by atoms with E-state index in [-0.39, 0.29) is 11.3 Å². The molecular formula is C12H12N4O2. The molecule has 0 saturated heterocycles. The summed E-state index contributed by atoms with van der Waals surface area (Å²) in [6, 6.07) is 8.39. The minimum absolute atomic E-state index is 0.0825. The summed E-state index contributed by atoms with van der Waals surface area (Å²) in [6.07, 6.45) is 1.59. The molecule has 0 spiro atoms. The molecule has 1 aromatic heterocycles. The Balaban J connectivity index is 2.11. The smallest absolute Gasteiger partial charge is 0.337 e. The topological polar surface area (TPSA) is 101 Å². The van der Waals surface area contributed by atoms with Gasteiger partial charge in [-0.25, -0.2) is 4.79 Å². The van der Waals surface area contributed by atoms with Gasteiger partial charge in [-0.3, -0.25) is 0 Å². The van der Waals surface area contributed by atoms with Gasteiger partial charge in [0.2, 0.25) is 0 Å². The first-order valence-electron chi connectivity index (χ1n) is 5.30. The number of carboxylic acid groups (broad SMARTS) is 1. The van der Waals surface area contributed by atoms with Gasteiger partial charge in [0.25, 0.3) is 0 Å². The normalized spacial score (nSPS) is 10.0. The van der Waals surface area contributed by atoms with Crippen LogP contribution in [0.25, 0.3) is 0 Å². The second-order valence-electron chi connectivity index (χ2n) is 3.68. The molecule has 1 aromatic carbocycles. The average Bonchev–Trinajstić information content (AvgIpc) is 2.38. The molecule has 6 heteroatoms. The number of nitrogens with two attached hydrogens (primary N) is 1. The van der Waals surface area contributed by atoms with E-state index in [1.165, 1.54) is 6.07 Å². The van der Waals surface area contributed by atoms with Crippen LogP contribution >= 0.6 is 0 Å². The number of rotatable bonds is 4. The van der Waals surface area contributed by atoms with Crippen molar-refractivity contribution in [2.24, 2.45) is 0 Å². The molecule has 0 aliphatic heterocycles. The van der Waals surface area contributed by atoms with Gasteiger partial charge in [0.15, 0.2) is 0 Å². The molecule has 0 atom stereocenters. The molecule has 4 N–H and O–H groups in total. The molecule has 92 valence electrons. The fourth-order valence-corrected chi connectivity index (χ4v) is 1.47. The van der Waals surface area contributed by atoms with Crippen molar-refractivity contribution >= 4 is 17.3 Å². The number of anilines is 2. The fraction of sp³-hybridized carbons (Fsp3) is 0.0833. The standard InChI is InChI=1S/C12H12N4O2/c13-11-4-3-8(6-10(11)12(17)18)14-7-9-2-1-5-15-16-9/h1-6,14H,7,13H2,(H,17,18). The number of nitrogen functional groups attached to an aromatic ring is 1. The summed E-state index contributed by atoms with van der Waals surface area (Å²) in [5.74, 6) is -1.05. The van der Waals surface area contributed by atoms with Gasteiger partial charge in [-0.2, -0.15) is 10.2 Å². The van der Waals surface area contributed by atoms with E-state index in [1.807, 2.05) is 6.07 Å². The quantitative estimate of drug-likeness (QED) is 0.702. The molecule has 6 nitrogen and oxygen atoms in total. The van der Waals surface area contributed by atoms with Crippen LogP contribution in [-0.4, -0.2) is 21.3 Å². The zero-order chi connectivity index (χ0) is 13.0. The van der Waals surface area contributed by atoms with E-state index in [4.69, 9.17) is 10.8 Å². The zero-order valence-corrected chi connectivity index (χ0v) is 9.50. The molecule has 18 heavy (non-hydrogen) atoms. The van der Waals surface area contributed by atoms with Crippen LogP contribution in [0.2, 0.25) is 0 Å². The summed E-state index contributed by atoms with van der Waals surface area (Å²) >= 11 is 0. The summed E-state index contributed by atoms with van der Waals surface area (Å²) < 4.78 is 0. The van der Waals surface area contributed by atoms with Gasteiger partial charge < -0.3 is 16.2 Å². The Kier molecular flexibility index (Phi) is 3.38. The van der Waals surface area contributed by atoms with Crippen molar-refractivity contribution in [2.75, 3.05) is 11.1 Å². The van der Waals surface area contributed by atoms with Crippen LogP contribution in [0.1, 0.15) is 16.1 Å². The zero-order valence-electron chi connectivity index (χ0n) is 9.50. The molecule has 0 aliphatic rings.